The molecule has 0 aromatic heterocycles. The van der Waals surface area contributed by atoms with E-state index in [-0.39, 0.29) is 6.42 Å². The van der Waals surface area contributed by atoms with E-state index in [0.29, 0.717) is 0 Å². The van der Waals surface area contributed by atoms with Gasteiger partial charge in [-0.05, 0) is 11.8 Å². The Morgan fingerprint density at radius 1 is 1.31 bits per heavy atom. The van der Waals surface area contributed by atoms with Crippen LogP contribution in [-0.2, 0) is 4.79 Å². The Hall–Kier alpha value is -0.780. The van der Waals surface area contributed by atoms with E-state index in [2.05, 4.69) is 0 Å². The van der Waals surface area contributed by atoms with Crippen LogP contribution in [-0.4, -0.2) is 23.3 Å². The van der Waals surface area contributed by atoms with E-state index in [0.717, 1.165) is 0 Å². The summed E-state index contributed by atoms with van der Waals surface area (Å²) in [4.78, 5) is 10.3. The topological polar surface area (TPSA) is 63.3 Å². The van der Waals surface area contributed by atoms with Gasteiger partial charge in [-0.15, -0.1) is 0 Å². The SMILES string of the molecule is CC(C)(C)[C@H](N)C[C@@H](CC(=O)O)C(F)(F)F. The Kier molecular flexibility index (Phi) is 4.79. The first kappa shape index (κ1) is 15.2. The molecule has 0 bridgehead atoms. The van der Waals surface area contributed by atoms with Crippen LogP contribution in [0.1, 0.15) is 33.6 Å². The molecule has 0 unspecified atom stereocenters. The summed E-state index contributed by atoms with van der Waals surface area (Å²) in [5, 5.41) is 8.42. The van der Waals surface area contributed by atoms with E-state index in [4.69, 9.17) is 10.8 Å². The van der Waals surface area contributed by atoms with Crippen LogP contribution in [0.15, 0.2) is 0 Å². The number of carboxylic acids is 1. The number of nitrogens with two attached hydrogens (primary N) is 1. The monoisotopic (exact) mass is 241 g/mol. The van der Waals surface area contributed by atoms with Crippen LogP contribution in [0.5, 0.6) is 0 Å². The maximum atomic E-state index is 12.5. The van der Waals surface area contributed by atoms with Crippen LogP contribution in [0, 0.1) is 11.3 Å². The van der Waals surface area contributed by atoms with E-state index in [1.54, 1.807) is 20.8 Å². The van der Waals surface area contributed by atoms with Crippen molar-refractivity contribution in [2.24, 2.45) is 17.1 Å². The van der Waals surface area contributed by atoms with Gasteiger partial charge in [0, 0.05) is 6.04 Å². The predicted octanol–water partition coefficient (Wildman–Crippen LogP) is 2.40. The molecule has 0 saturated heterocycles. The number of carbonyl (C=O) groups is 1. The maximum absolute atomic E-state index is 12.5. The summed E-state index contributed by atoms with van der Waals surface area (Å²) in [7, 11) is 0. The zero-order chi connectivity index (χ0) is 13.1. The van der Waals surface area contributed by atoms with Gasteiger partial charge in [0.05, 0.1) is 12.3 Å². The number of carboxylic acid groups (broad SMARTS) is 1. The molecule has 6 heteroatoms. The van der Waals surface area contributed by atoms with E-state index < -0.39 is 35.9 Å². The van der Waals surface area contributed by atoms with Gasteiger partial charge in [-0.1, -0.05) is 20.8 Å². The third kappa shape index (κ3) is 5.34. The van der Waals surface area contributed by atoms with Crippen molar-refractivity contribution in [2.45, 2.75) is 45.8 Å². The number of rotatable bonds is 4. The van der Waals surface area contributed by atoms with Crippen molar-refractivity contribution in [2.75, 3.05) is 0 Å². The summed E-state index contributed by atoms with van der Waals surface area (Å²) in [5.74, 6) is -3.33. The summed E-state index contributed by atoms with van der Waals surface area (Å²) in [6.07, 6.45) is -5.80. The Labute approximate surface area is 92.8 Å². The third-order valence-electron chi connectivity index (χ3n) is 2.53. The molecule has 0 aliphatic rings. The highest BCUT2D eigenvalue weighted by molar-refractivity contribution is 5.67. The lowest BCUT2D eigenvalue weighted by Gasteiger charge is -2.30. The molecule has 96 valence electrons. The largest absolute Gasteiger partial charge is 0.481 e. The van der Waals surface area contributed by atoms with Gasteiger partial charge in [-0.25, -0.2) is 0 Å². The fourth-order valence-electron chi connectivity index (χ4n) is 1.20. The molecule has 0 amide bonds. The second kappa shape index (κ2) is 5.03. The molecule has 0 aliphatic heterocycles. The van der Waals surface area contributed by atoms with Crippen LogP contribution < -0.4 is 5.73 Å². The molecule has 0 aliphatic carbocycles. The normalized spacial score (nSPS) is 16.9. The number of hydrogen-bond donors (Lipinski definition) is 2. The van der Waals surface area contributed by atoms with Gasteiger partial charge in [0.25, 0.3) is 0 Å². The van der Waals surface area contributed by atoms with Crippen LogP contribution >= 0.6 is 0 Å². The van der Waals surface area contributed by atoms with Crippen molar-refractivity contribution in [3.63, 3.8) is 0 Å². The number of alkyl halides is 3. The highest BCUT2D eigenvalue weighted by Gasteiger charge is 2.42. The molecule has 3 nitrogen and oxygen atoms in total. The highest BCUT2D eigenvalue weighted by atomic mass is 19.4. The molecular weight excluding hydrogens is 223 g/mol. The number of halogens is 3. The molecule has 0 aromatic rings. The van der Waals surface area contributed by atoms with Crippen molar-refractivity contribution in [3.05, 3.63) is 0 Å². The smallest absolute Gasteiger partial charge is 0.392 e. The van der Waals surface area contributed by atoms with E-state index in [9.17, 15) is 18.0 Å². The Bertz CT molecular complexity index is 245. The molecular formula is C10H18F3NO2. The van der Waals surface area contributed by atoms with Crippen molar-refractivity contribution >= 4 is 5.97 Å². The van der Waals surface area contributed by atoms with Crippen LogP contribution in [0.3, 0.4) is 0 Å². The summed E-state index contributed by atoms with van der Waals surface area (Å²) in [5.41, 5.74) is 5.16. The van der Waals surface area contributed by atoms with Crippen molar-refractivity contribution in [3.8, 4) is 0 Å². The molecule has 2 atom stereocenters. The summed E-state index contributed by atoms with van der Waals surface area (Å²) < 4.78 is 37.5. The minimum absolute atomic E-state index is 0.362. The van der Waals surface area contributed by atoms with Crippen LogP contribution in [0.25, 0.3) is 0 Å². The Morgan fingerprint density at radius 2 is 1.75 bits per heavy atom. The lowest BCUT2D eigenvalue weighted by Crippen LogP contribution is -2.40. The average molecular weight is 241 g/mol. The number of hydrogen-bond acceptors (Lipinski definition) is 2. The Morgan fingerprint density at radius 3 is 2.00 bits per heavy atom. The lowest BCUT2D eigenvalue weighted by molar-refractivity contribution is -0.186. The standard InChI is InChI=1S/C10H18F3NO2/c1-9(2,3)7(14)4-6(5-8(15)16)10(11,12)13/h6-7H,4-5,14H2,1-3H3,(H,15,16)/t6-,7+/m0/s1. The minimum atomic E-state index is -4.51. The minimum Gasteiger partial charge on any atom is -0.481 e. The summed E-state index contributed by atoms with van der Waals surface area (Å²) in [6, 6.07) is -0.682. The van der Waals surface area contributed by atoms with Gasteiger partial charge >= 0.3 is 12.1 Å². The zero-order valence-corrected chi connectivity index (χ0v) is 9.64. The number of aliphatic carboxylic acids is 1. The molecule has 0 aromatic carbocycles. The van der Waals surface area contributed by atoms with Gasteiger partial charge < -0.3 is 10.8 Å². The van der Waals surface area contributed by atoms with Crippen molar-refractivity contribution < 1.29 is 23.1 Å². The lowest BCUT2D eigenvalue weighted by atomic mass is 9.81. The first-order chi connectivity index (χ1) is 6.94. The fraction of sp³-hybridized carbons (Fsp3) is 0.900. The van der Waals surface area contributed by atoms with E-state index in [1.165, 1.54) is 0 Å². The van der Waals surface area contributed by atoms with Gasteiger partial charge in [0.15, 0.2) is 0 Å². The molecule has 16 heavy (non-hydrogen) atoms. The van der Waals surface area contributed by atoms with Gasteiger partial charge in [-0.2, -0.15) is 13.2 Å². The van der Waals surface area contributed by atoms with Crippen LogP contribution in [0.2, 0.25) is 0 Å². The first-order valence-corrected chi connectivity index (χ1v) is 4.98. The molecule has 3 N–H and O–H groups in total. The third-order valence-corrected chi connectivity index (χ3v) is 2.53. The molecule has 0 heterocycles. The average Bonchev–Trinajstić information content (AvgIpc) is 1.98. The fourth-order valence-corrected chi connectivity index (χ4v) is 1.20. The predicted molar refractivity (Wildman–Crippen MR) is 53.8 cm³/mol. The molecule has 0 radical (unpaired) electrons. The van der Waals surface area contributed by atoms with Gasteiger partial charge in [0.2, 0.25) is 0 Å². The molecule has 0 spiro atoms. The second-order valence-corrected chi connectivity index (χ2v) is 5.04. The second-order valence-electron chi connectivity index (χ2n) is 5.04. The van der Waals surface area contributed by atoms with E-state index >= 15 is 0 Å². The molecule has 0 rings (SSSR count). The summed E-state index contributed by atoms with van der Waals surface area (Å²) in [6.45, 7) is 5.18. The first-order valence-electron chi connectivity index (χ1n) is 4.98. The highest BCUT2D eigenvalue weighted by Crippen LogP contribution is 2.35. The van der Waals surface area contributed by atoms with Crippen molar-refractivity contribution in [1.82, 2.24) is 0 Å². The molecule has 0 saturated carbocycles. The molecule has 0 fully saturated rings. The zero-order valence-electron chi connectivity index (χ0n) is 9.64. The van der Waals surface area contributed by atoms with Gasteiger partial charge in [0.1, 0.15) is 0 Å². The summed E-state index contributed by atoms with van der Waals surface area (Å²) >= 11 is 0. The quantitative estimate of drug-likeness (QED) is 0.794. The Balaban J connectivity index is 4.62. The van der Waals surface area contributed by atoms with Gasteiger partial charge in [-0.3, -0.25) is 4.79 Å². The van der Waals surface area contributed by atoms with Crippen LogP contribution in [0.4, 0.5) is 13.2 Å². The maximum Gasteiger partial charge on any atom is 0.392 e. The van der Waals surface area contributed by atoms with Crippen molar-refractivity contribution in [1.29, 1.82) is 0 Å². The van der Waals surface area contributed by atoms with E-state index in [1.807, 2.05) is 0 Å².